The first-order valence-corrected chi connectivity index (χ1v) is 3.91. The van der Waals surface area contributed by atoms with Crippen LogP contribution >= 0.6 is 0 Å². The highest BCUT2D eigenvalue weighted by Gasteiger charge is 2.05. The molecule has 0 saturated carbocycles. The molecule has 70 valence electrons. The Morgan fingerprint density at radius 2 is 1.92 bits per heavy atom. The van der Waals surface area contributed by atoms with Crippen LogP contribution in [-0.2, 0) is 0 Å². The topological polar surface area (TPSA) is 84.6 Å². The summed E-state index contributed by atoms with van der Waals surface area (Å²) >= 11 is 0. The summed E-state index contributed by atoms with van der Waals surface area (Å²) < 4.78 is 0. The molecular weight excluding hydrogens is 166 g/mol. The van der Waals surface area contributed by atoms with Crippen molar-refractivity contribution in [2.45, 2.75) is 13.8 Å². The van der Waals surface area contributed by atoms with E-state index < -0.39 is 0 Å². The Morgan fingerprint density at radius 1 is 1.31 bits per heavy atom. The molecule has 13 heavy (non-hydrogen) atoms. The van der Waals surface area contributed by atoms with Crippen molar-refractivity contribution in [2.75, 3.05) is 0 Å². The average molecular weight is 179 g/mol. The van der Waals surface area contributed by atoms with Gasteiger partial charge in [0, 0.05) is 0 Å². The van der Waals surface area contributed by atoms with Crippen molar-refractivity contribution >= 4 is 11.6 Å². The molecule has 0 heterocycles. The third-order valence-corrected chi connectivity index (χ3v) is 1.92. The van der Waals surface area contributed by atoms with E-state index >= 15 is 0 Å². The molecule has 0 saturated heterocycles. The van der Waals surface area contributed by atoms with Crippen molar-refractivity contribution in [3.05, 3.63) is 23.3 Å². The Labute approximate surface area is 76.9 Å². The molecule has 0 bridgehead atoms. The highest BCUT2D eigenvalue weighted by molar-refractivity contribution is 5.81. The van der Waals surface area contributed by atoms with Crippen molar-refractivity contribution in [3.8, 4) is 5.75 Å². The molecule has 0 aliphatic heterocycles. The van der Waals surface area contributed by atoms with Gasteiger partial charge in [-0.15, -0.1) is 0 Å². The van der Waals surface area contributed by atoms with E-state index in [0.29, 0.717) is 5.69 Å². The summed E-state index contributed by atoms with van der Waals surface area (Å²) in [6.07, 6.45) is 0. The van der Waals surface area contributed by atoms with Gasteiger partial charge in [-0.25, -0.2) is 4.99 Å². The van der Waals surface area contributed by atoms with E-state index in [9.17, 15) is 5.11 Å². The normalized spacial score (nSPS) is 9.69. The number of aromatic hydroxyl groups is 1. The second kappa shape index (κ2) is 3.35. The molecule has 0 amide bonds. The van der Waals surface area contributed by atoms with E-state index in [1.165, 1.54) is 0 Å². The van der Waals surface area contributed by atoms with Crippen LogP contribution in [0.1, 0.15) is 11.1 Å². The van der Waals surface area contributed by atoms with Crippen molar-refractivity contribution in [3.63, 3.8) is 0 Å². The maximum Gasteiger partial charge on any atom is 0.191 e. The SMILES string of the molecule is Cc1ccc(O)c(N=C(N)N)c1C. The number of phenols is 1. The maximum atomic E-state index is 9.45. The summed E-state index contributed by atoms with van der Waals surface area (Å²) in [5.41, 5.74) is 12.8. The zero-order valence-electron chi connectivity index (χ0n) is 7.70. The van der Waals surface area contributed by atoms with Crippen LogP contribution in [-0.4, -0.2) is 11.1 Å². The molecule has 0 fully saturated rings. The van der Waals surface area contributed by atoms with Gasteiger partial charge in [0.2, 0.25) is 0 Å². The fourth-order valence-corrected chi connectivity index (χ4v) is 1.06. The molecule has 1 aromatic rings. The lowest BCUT2D eigenvalue weighted by Crippen LogP contribution is -2.22. The van der Waals surface area contributed by atoms with E-state index in [-0.39, 0.29) is 11.7 Å². The third-order valence-electron chi connectivity index (χ3n) is 1.92. The number of guanidine groups is 1. The Hall–Kier alpha value is -1.71. The monoisotopic (exact) mass is 179 g/mol. The molecule has 0 aliphatic carbocycles. The number of phenolic OH excluding ortho intramolecular Hbond substituents is 1. The Bertz CT molecular complexity index is 354. The third kappa shape index (κ3) is 1.90. The first-order valence-electron chi connectivity index (χ1n) is 3.91. The summed E-state index contributed by atoms with van der Waals surface area (Å²) in [4.78, 5) is 3.84. The van der Waals surface area contributed by atoms with Crippen LogP contribution in [0.3, 0.4) is 0 Å². The van der Waals surface area contributed by atoms with Crippen molar-refractivity contribution in [2.24, 2.45) is 16.5 Å². The molecule has 4 nitrogen and oxygen atoms in total. The summed E-state index contributed by atoms with van der Waals surface area (Å²) in [6, 6.07) is 3.39. The van der Waals surface area contributed by atoms with E-state index in [4.69, 9.17) is 11.5 Å². The number of hydrogen-bond donors (Lipinski definition) is 3. The highest BCUT2D eigenvalue weighted by Crippen LogP contribution is 2.31. The zero-order valence-corrected chi connectivity index (χ0v) is 7.70. The molecule has 0 aromatic heterocycles. The Morgan fingerprint density at radius 3 is 2.46 bits per heavy atom. The zero-order chi connectivity index (χ0) is 10.0. The van der Waals surface area contributed by atoms with Crippen LogP contribution in [0.2, 0.25) is 0 Å². The number of aliphatic imine (C=N–C) groups is 1. The predicted molar refractivity (Wildman–Crippen MR) is 53.1 cm³/mol. The van der Waals surface area contributed by atoms with Crippen molar-refractivity contribution in [1.29, 1.82) is 0 Å². The van der Waals surface area contributed by atoms with Gasteiger partial charge < -0.3 is 16.6 Å². The van der Waals surface area contributed by atoms with Crippen LogP contribution in [0, 0.1) is 13.8 Å². The second-order valence-corrected chi connectivity index (χ2v) is 2.91. The van der Waals surface area contributed by atoms with Crippen LogP contribution in [0.25, 0.3) is 0 Å². The lowest BCUT2D eigenvalue weighted by molar-refractivity contribution is 0.476. The van der Waals surface area contributed by atoms with Gasteiger partial charge in [-0.3, -0.25) is 0 Å². The van der Waals surface area contributed by atoms with Gasteiger partial charge in [-0.2, -0.15) is 0 Å². The number of nitrogens with two attached hydrogens (primary N) is 2. The van der Waals surface area contributed by atoms with Crippen molar-refractivity contribution < 1.29 is 5.11 Å². The van der Waals surface area contributed by atoms with E-state index in [2.05, 4.69) is 4.99 Å². The summed E-state index contributed by atoms with van der Waals surface area (Å²) in [5, 5.41) is 9.45. The lowest BCUT2D eigenvalue weighted by atomic mass is 10.1. The van der Waals surface area contributed by atoms with Crippen LogP contribution in [0.15, 0.2) is 17.1 Å². The fourth-order valence-electron chi connectivity index (χ4n) is 1.06. The second-order valence-electron chi connectivity index (χ2n) is 2.91. The Kier molecular flexibility index (Phi) is 2.41. The molecule has 0 spiro atoms. The quantitative estimate of drug-likeness (QED) is 0.442. The number of rotatable bonds is 1. The van der Waals surface area contributed by atoms with Gasteiger partial charge in [0.15, 0.2) is 5.96 Å². The van der Waals surface area contributed by atoms with Crippen molar-refractivity contribution in [1.82, 2.24) is 0 Å². The molecule has 0 atom stereocenters. The fraction of sp³-hybridized carbons (Fsp3) is 0.222. The van der Waals surface area contributed by atoms with E-state index in [0.717, 1.165) is 11.1 Å². The van der Waals surface area contributed by atoms with Gasteiger partial charge in [-0.1, -0.05) is 6.07 Å². The molecule has 5 N–H and O–H groups in total. The van der Waals surface area contributed by atoms with Gasteiger partial charge in [0.05, 0.1) is 0 Å². The minimum Gasteiger partial charge on any atom is -0.506 e. The standard InChI is InChI=1S/C9H13N3O/c1-5-3-4-7(13)8(6(5)2)12-9(10)11/h3-4,13H,1-2H3,(H4,10,11,12). The number of hydrogen-bond acceptors (Lipinski definition) is 2. The molecule has 0 unspecified atom stereocenters. The molecule has 1 rings (SSSR count). The molecule has 0 radical (unpaired) electrons. The van der Waals surface area contributed by atoms with E-state index in [1.807, 2.05) is 19.9 Å². The van der Waals surface area contributed by atoms with Crippen LogP contribution in [0.5, 0.6) is 5.75 Å². The minimum absolute atomic E-state index is 0.0519. The van der Waals surface area contributed by atoms with E-state index in [1.54, 1.807) is 6.07 Å². The lowest BCUT2D eigenvalue weighted by Gasteiger charge is -2.06. The molecular formula is C9H13N3O. The van der Waals surface area contributed by atoms with Gasteiger partial charge >= 0.3 is 0 Å². The number of nitrogens with zero attached hydrogens (tertiary/aromatic N) is 1. The first-order chi connectivity index (χ1) is 6.02. The summed E-state index contributed by atoms with van der Waals surface area (Å²) in [6.45, 7) is 3.79. The van der Waals surface area contributed by atoms with Crippen LogP contribution in [0.4, 0.5) is 5.69 Å². The average Bonchev–Trinajstić information content (AvgIpc) is 2.05. The van der Waals surface area contributed by atoms with Crippen LogP contribution < -0.4 is 11.5 Å². The molecule has 1 aromatic carbocycles. The molecule has 0 aliphatic rings. The first kappa shape index (κ1) is 9.38. The minimum atomic E-state index is -0.0519. The van der Waals surface area contributed by atoms with Gasteiger partial charge in [-0.05, 0) is 31.0 Å². The summed E-state index contributed by atoms with van der Waals surface area (Å²) in [5.74, 6) is 0.0421. The Balaban J connectivity index is 3.34. The largest absolute Gasteiger partial charge is 0.506 e. The van der Waals surface area contributed by atoms with Gasteiger partial charge in [0.1, 0.15) is 11.4 Å². The predicted octanol–water partition coefficient (Wildman–Crippen LogP) is 0.914. The highest BCUT2D eigenvalue weighted by atomic mass is 16.3. The number of benzene rings is 1. The molecule has 4 heteroatoms. The maximum absolute atomic E-state index is 9.45. The van der Waals surface area contributed by atoms with Gasteiger partial charge in [0.25, 0.3) is 0 Å². The summed E-state index contributed by atoms with van der Waals surface area (Å²) in [7, 11) is 0. The smallest absolute Gasteiger partial charge is 0.191 e. The number of aryl methyl sites for hydroxylation is 1.